The van der Waals surface area contributed by atoms with E-state index in [1.807, 2.05) is 0 Å². The van der Waals surface area contributed by atoms with Crippen LogP contribution in [0.5, 0.6) is 0 Å². The first-order chi connectivity index (χ1) is 5.38. The molecule has 0 radical (unpaired) electrons. The van der Waals surface area contributed by atoms with Gasteiger partial charge in [0.1, 0.15) is 0 Å². The van der Waals surface area contributed by atoms with Crippen LogP contribution in [0.3, 0.4) is 0 Å². The summed E-state index contributed by atoms with van der Waals surface area (Å²) in [6.45, 7) is 3.12. The summed E-state index contributed by atoms with van der Waals surface area (Å²) in [5.41, 5.74) is 4.53. The predicted octanol–water partition coefficient (Wildman–Crippen LogP) is -1.41. The zero-order valence-electron chi connectivity index (χ0n) is 7.60. The molecule has 0 saturated carbocycles. The number of hydrogen-bond donors (Lipinski definition) is 3. The van der Waals surface area contributed by atoms with Crippen LogP contribution in [0.25, 0.3) is 0 Å². The lowest BCUT2D eigenvalue weighted by Crippen LogP contribution is -2.51. The van der Waals surface area contributed by atoms with Crippen LogP contribution in [0.1, 0.15) is 13.8 Å². The van der Waals surface area contributed by atoms with Crippen molar-refractivity contribution in [1.82, 2.24) is 10.6 Å². The number of rotatable bonds is 3. The molecule has 0 aliphatic heterocycles. The van der Waals surface area contributed by atoms with Crippen molar-refractivity contribution in [2.75, 3.05) is 13.6 Å². The second-order valence-electron chi connectivity index (χ2n) is 3.08. The summed E-state index contributed by atoms with van der Waals surface area (Å²) in [6, 6.07) is 0. The third-order valence-corrected chi connectivity index (χ3v) is 1.27. The van der Waals surface area contributed by atoms with Crippen LogP contribution in [0.4, 0.5) is 0 Å². The molecule has 0 spiro atoms. The number of likely N-dealkylation sites (N-methyl/N-ethyl adjacent to an activating group) is 1. The van der Waals surface area contributed by atoms with Crippen LogP contribution >= 0.6 is 0 Å². The highest BCUT2D eigenvalue weighted by molar-refractivity contribution is 5.89. The Bertz CT molecular complexity index is 184. The van der Waals surface area contributed by atoms with Gasteiger partial charge in [0.05, 0.1) is 12.1 Å². The molecule has 0 aliphatic carbocycles. The van der Waals surface area contributed by atoms with Crippen molar-refractivity contribution in [1.29, 1.82) is 0 Å². The van der Waals surface area contributed by atoms with E-state index < -0.39 is 5.54 Å². The maximum Gasteiger partial charge on any atom is 0.239 e. The Morgan fingerprint density at radius 3 is 2.25 bits per heavy atom. The molecule has 0 aromatic rings. The lowest BCUT2D eigenvalue weighted by molar-refractivity contribution is -0.128. The average Bonchev–Trinajstić information content (AvgIpc) is 1.97. The molecule has 2 amide bonds. The van der Waals surface area contributed by atoms with Gasteiger partial charge in [0.25, 0.3) is 0 Å². The molecule has 0 bridgehead atoms. The Balaban J connectivity index is 3.81. The molecule has 5 nitrogen and oxygen atoms in total. The summed E-state index contributed by atoms with van der Waals surface area (Å²) < 4.78 is 0. The molecule has 0 aromatic carbocycles. The van der Waals surface area contributed by atoms with Crippen LogP contribution in [-0.2, 0) is 9.59 Å². The quantitative estimate of drug-likeness (QED) is 0.490. The Labute approximate surface area is 71.7 Å². The fourth-order valence-electron chi connectivity index (χ4n) is 0.477. The van der Waals surface area contributed by atoms with Gasteiger partial charge < -0.3 is 16.4 Å². The topological polar surface area (TPSA) is 84.2 Å². The summed E-state index contributed by atoms with van der Waals surface area (Å²) in [5, 5.41) is 4.77. The third-order valence-electron chi connectivity index (χ3n) is 1.27. The van der Waals surface area contributed by atoms with Crippen LogP contribution < -0.4 is 16.4 Å². The average molecular weight is 173 g/mol. The van der Waals surface area contributed by atoms with E-state index in [1.54, 1.807) is 13.8 Å². The van der Waals surface area contributed by atoms with Gasteiger partial charge in [0.15, 0.2) is 0 Å². The van der Waals surface area contributed by atoms with E-state index in [4.69, 9.17) is 5.73 Å². The molecule has 0 rings (SSSR count). The number of nitrogens with one attached hydrogen (secondary N) is 2. The Hall–Kier alpha value is -1.10. The van der Waals surface area contributed by atoms with Crippen molar-refractivity contribution in [3.63, 3.8) is 0 Å². The standard InChI is InChI=1S/C7H15N3O2/c1-7(2,8)6(12)10-4-5(11)9-3/h4,8H2,1-3H3,(H,9,11)(H,10,12). The second kappa shape index (κ2) is 4.06. The van der Waals surface area contributed by atoms with E-state index in [-0.39, 0.29) is 18.4 Å². The Kier molecular flexibility index (Phi) is 3.69. The summed E-state index contributed by atoms with van der Waals surface area (Å²) in [5.74, 6) is -0.585. The van der Waals surface area contributed by atoms with Gasteiger partial charge in [-0.2, -0.15) is 0 Å². The summed E-state index contributed by atoms with van der Waals surface area (Å²) in [7, 11) is 1.50. The maximum absolute atomic E-state index is 11.1. The van der Waals surface area contributed by atoms with Crippen molar-refractivity contribution < 1.29 is 9.59 Å². The Morgan fingerprint density at radius 1 is 1.42 bits per heavy atom. The van der Waals surface area contributed by atoms with Crippen molar-refractivity contribution in [2.45, 2.75) is 19.4 Å². The summed E-state index contributed by atoms with van der Waals surface area (Å²) >= 11 is 0. The molecule has 0 aromatic heterocycles. The van der Waals surface area contributed by atoms with Crippen LogP contribution in [0, 0.1) is 0 Å². The third kappa shape index (κ3) is 3.92. The molecular formula is C7H15N3O2. The van der Waals surface area contributed by atoms with E-state index in [0.29, 0.717) is 0 Å². The van der Waals surface area contributed by atoms with Gasteiger partial charge in [-0.1, -0.05) is 0 Å². The minimum absolute atomic E-state index is 0.0318. The lowest BCUT2D eigenvalue weighted by atomic mass is 10.1. The molecule has 0 atom stereocenters. The molecule has 0 saturated heterocycles. The molecule has 5 heteroatoms. The van der Waals surface area contributed by atoms with Crippen molar-refractivity contribution in [3.05, 3.63) is 0 Å². The molecular weight excluding hydrogens is 158 g/mol. The van der Waals surface area contributed by atoms with Gasteiger partial charge in [-0.3, -0.25) is 9.59 Å². The van der Waals surface area contributed by atoms with Gasteiger partial charge in [0.2, 0.25) is 11.8 Å². The fourth-order valence-corrected chi connectivity index (χ4v) is 0.477. The largest absolute Gasteiger partial charge is 0.358 e. The number of nitrogens with two attached hydrogens (primary N) is 1. The molecule has 0 fully saturated rings. The van der Waals surface area contributed by atoms with E-state index in [9.17, 15) is 9.59 Å². The van der Waals surface area contributed by atoms with E-state index in [2.05, 4.69) is 10.6 Å². The normalized spacial score (nSPS) is 10.7. The van der Waals surface area contributed by atoms with E-state index in [1.165, 1.54) is 7.05 Å². The Morgan fingerprint density at radius 2 is 1.92 bits per heavy atom. The van der Waals surface area contributed by atoms with E-state index in [0.717, 1.165) is 0 Å². The highest BCUT2D eigenvalue weighted by Gasteiger charge is 2.21. The molecule has 4 N–H and O–H groups in total. The van der Waals surface area contributed by atoms with Gasteiger partial charge in [0, 0.05) is 7.05 Å². The molecule has 0 aliphatic rings. The highest BCUT2D eigenvalue weighted by Crippen LogP contribution is 1.94. The first kappa shape index (κ1) is 10.9. The first-order valence-electron chi connectivity index (χ1n) is 3.65. The monoisotopic (exact) mass is 173 g/mol. The smallest absolute Gasteiger partial charge is 0.239 e. The molecule has 0 unspecified atom stereocenters. The van der Waals surface area contributed by atoms with Crippen molar-refractivity contribution in [2.24, 2.45) is 5.73 Å². The second-order valence-corrected chi connectivity index (χ2v) is 3.08. The minimum Gasteiger partial charge on any atom is -0.358 e. The van der Waals surface area contributed by atoms with E-state index >= 15 is 0 Å². The van der Waals surface area contributed by atoms with Crippen molar-refractivity contribution in [3.8, 4) is 0 Å². The minimum atomic E-state index is -0.936. The molecule has 70 valence electrons. The number of hydrogen-bond acceptors (Lipinski definition) is 3. The van der Waals surface area contributed by atoms with Crippen molar-refractivity contribution >= 4 is 11.8 Å². The fraction of sp³-hybridized carbons (Fsp3) is 0.714. The molecule has 12 heavy (non-hydrogen) atoms. The van der Waals surface area contributed by atoms with Gasteiger partial charge in [-0.25, -0.2) is 0 Å². The van der Waals surface area contributed by atoms with Crippen LogP contribution in [0.2, 0.25) is 0 Å². The highest BCUT2D eigenvalue weighted by atomic mass is 16.2. The first-order valence-corrected chi connectivity index (χ1v) is 3.65. The van der Waals surface area contributed by atoms with Crippen LogP contribution in [0.15, 0.2) is 0 Å². The molecule has 0 heterocycles. The number of amides is 2. The van der Waals surface area contributed by atoms with Crippen LogP contribution in [-0.4, -0.2) is 30.9 Å². The number of carbonyl (C=O) groups excluding carboxylic acids is 2. The van der Waals surface area contributed by atoms with Gasteiger partial charge in [-0.15, -0.1) is 0 Å². The summed E-state index contributed by atoms with van der Waals surface area (Å²) in [4.78, 5) is 21.7. The lowest BCUT2D eigenvalue weighted by Gasteiger charge is -2.16. The van der Waals surface area contributed by atoms with Gasteiger partial charge in [-0.05, 0) is 13.8 Å². The zero-order chi connectivity index (χ0) is 9.78. The predicted molar refractivity (Wildman–Crippen MR) is 45.3 cm³/mol. The SMILES string of the molecule is CNC(=O)CNC(=O)C(C)(C)N. The number of carbonyl (C=O) groups is 2. The van der Waals surface area contributed by atoms with Gasteiger partial charge >= 0.3 is 0 Å². The maximum atomic E-state index is 11.1. The summed E-state index contributed by atoms with van der Waals surface area (Å²) in [6.07, 6.45) is 0. The zero-order valence-corrected chi connectivity index (χ0v) is 7.60.